The molecule has 0 unspecified atom stereocenters. The molecule has 0 saturated carbocycles. The third-order valence-corrected chi connectivity index (χ3v) is 6.26. The van der Waals surface area contributed by atoms with E-state index < -0.39 is 39.5 Å². The molecule has 0 aliphatic carbocycles. The first-order valence-electron chi connectivity index (χ1n) is 8.62. The van der Waals surface area contributed by atoms with Crippen LogP contribution in [-0.2, 0) is 24.3 Å². The summed E-state index contributed by atoms with van der Waals surface area (Å²) in [5.74, 6) is -2.63. The van der Waals surface area contributed by atoms with Crippen molar-refractivity contribution in [1.29, 1.82) is 0 Å². The summed E-state index contributed by atoms with van der Waals surface area (Å²) >= 11 is 0. The largest absolute Gasteiger partial charge is 0.464 e. The molecule has 3 rings (SSSR count). The van der Waals surface area contributed by atoms with Crippen molar-refractivity contribution < 1.29 is 31.9 Å². The highest BCUT2D eigenvalue weighted by atomic mass is 32.2. The van der Waals surface area contributed by atoms with Gasteiger partial charge in [-0.25, -0.2) is 22.4 Å². The number of benzene rings is 2. The maximum absolute atomic E-state index is 13.1. The zero-order chi connectivity index (χ0) is 21.3. The second kappa shape index (κ2) is 7.67. The number of halogens is 1. The van der Waals surface area contributed by atoms with Gasteiger partial charge in [-0.15, -0.1) is 0 Å². The average molecular weight is 419 g/mol. The van der Waals surface area contributed by atoms with E-state index in [-0.39, 0.29) is 21.8 Å². The van der Waals surface area contributed by atoms with Crippen LogP contribution in [0.3, 0.4) is 0 Å². The molecule has 1 heterocycles. The number of fused-ring (bicyclic) bond motifs is 1. The minimum atomic E-state index is -4.09. The lowest BCUT2D eigenvalue weighted by molar-refractivity contribution is -0.137. The van der Waals surface area contributed by atoms with E-state index >= 15 is 0 Å². The van der Waals surface area contributed by atoms with Crippen LogP contribution in [-0.4, -0.2) is 37.8 Å². The van der Waals surface area contributed by atoms with Crippen LogP contribution in [0.4, 0.5) is 4.39 Å². The van der Waals surface area contributed by atoms with Gasteiger partial charge in [0.15, 0.2) is 11.5 Å². The van der Waals surface area contributed by atoms with E-state index in [9.17, 15) is 22.4 Å². The Balaban J connectivity index is 2.24. The zero-order valence-electron chi connectivity index (χ0n) is 15.9. The molecule has 0 amide bonds. The van der Waals surface area contributed by atoms with E-state index in [0.717, 1.165) is 23.5 Å². The first-order valence-corrected chi connectivity index (χ1v) is 10.1. The van der Waals surface area contributed by atoms with E-state index in [1.54, 1.807) is 19.9 Å². The number of sulfonamides is 1. The average Bonchev–Trinajstić information content (AvgIpc) is 2.69. The monoisotopic (exact) mass is 419 g/mol. The molecule has 0 aromatic heterocycles. The molecule has 7 nitrogen and oxygen atoms in total. The predicted octanol–water partition coefficient (Wildman–Crippen LogP) is 2.94. The molecule has 2 aromatic rings. The van der Waals surface area contributed by atoms with Crippen LogP contribution in [0.2, 0.25) is 0 Å². The quantitative estimate of drug-likeness (QED) is 0.708. The number of rotatable bonds is 4. The smallest absolute Gasteiger partial charge is 0.359 e. The minimum Gasteiger partial charge on any atom is -0.464 e. The predicted molar refractivity (Wildman–Crippen MR) is 101 cm³/mol. The molecule has 9 heteroatoms. The topological polar surface area (TPSA) is 90.0 Å². The third kappa shape index (κ3) is 3.61. The number of nitrogens with zero attached hydrogens (tertiary/aromatic N) is 1. The van der Waals surface area contributed by atoms with Crippen molar-refractivity contribution >= 4 is 27.7 Å². The van der Waals surface area contributed by atoms with Gasteiger partial charge in [0.1, 0.15) is 5.82 Å². The lowest BCUT2D eigenvalue weighted by Crippen LogP contribution is -2.43. The van der Waals surface area contributed by atoms with Crippen LogP contribution in [0.15, 0.2) is 59.1 Å². The summed E-state index contributed by atoms with van der Waals surface area (Å²) in [5.41, 5.74) is -0.318. The number of hydrogen-bond donors (Lipinski definition) is 0. The summed E-state index contributed by atoms with van der Waals surface area (Å²) in [7, 11) is -2.99. The Kier molecular flexibility index (Phi) is 5.43. The van der Waals surface area contributed by atoms with Gasteiger partial charge in [-0.3, -0.25) is 4.31 Å². The van der Waals surface area contributed by atoms with Crippen LogP contribution < -0.4 is 0 Å². The molecular formula is C20H18FNO6S. The Labute approximate surface area is 167 Å². The molecule has 0 spiro atoms. The summed E-state index contributed by atoms with van der Waals surface area (Å²) in [6.45, 7) is 3.15. The third-order valence-electron chi connectivity index (χ3n) is 4.23. The molecule has 1 aliphatic rings. The van der Waals surface area contributed by atoms with Crippen molar-refractivity contribution in [2.75, 3.05) is 7.11 Å². The van der Waals surface area contributed by atoms with E-state index in [1.165, 1.54) is 30.3 Å². The number of hydrogen-bond acceptors (Lipinski definition) is 6. The fourth-order valence-electron chi connectivity index (χ4n) is 2.99. The van der Waals surface area contributed by atoms with Crippen molar-refractivity contribution in [3.05, 3.63) is 71.2 Å². The number of carbonyl (C=O) groups is 2. The molecule has 29 heavy (non-hydrogen) atoms. The van der Waals surface area contributed by atoms with Gasteiger partial charge in [-0.1, -0.05) is 12.1 Å². The summed E-state index contributed by atoms with van der Waals surface area (Å²) in [4.78, 5) is 25.0. The van der Waals surface area contributed by atoms with Crippen LogP contribution in [0, 0.1) is 5.82 Å². The van der Waals surface area contributed by atoms with E-state index in [2.05, 4.69) is 0 Å². The molecule has 0 fully saturated rings. The van der Waals surface area contributed by atoms with Gasteiger partial charge in [-0.05, 0) is 50.2 Å². The molecule has 0 bridgehead atoms. The fraction of sp³-hybridized carbons (Fsp3) is 0.200. The molecular weight excluding hydrogens is 401 g/mol. The lowest BCUT2D eigenvalue weighted by Gasteiger charge is -2.34. The van der Waals surface area contributed by atoms with Crippen molar-refractivity contribution in [3.8, 4) is 0 Å². The van der Waals surface area contributed by atoms with E-state index in [1.807, 2.05) is 0 Å². The van der Waals surface area contributed by atoms with Crippen LogP contribution in [0.1, 0.15) is 29.8 Å². The van der Waals surface area contributed by atoms with Gasteiger partial charge in [-0.2, -0.15) is 0 Å². The molecule has 0 atom stereocenters. The first kappa shape index (κ1) is 20.5. The Hall–Kier alpha value is -3.20. The Bertz CT molecular complexity index is 1110. The zero-order valence-corrected chi connectivity index (χ0v) is 16.7. The van der Waals surface area contributed by atoms with Gasteiger partial charge >= 0.3 is 11.9 Å². The highest BCUT2D eigenvalue weighted by molar-refractivity contribution is 7.89. The first-order chi connectivity index (χ1) is 13.7. The van der Waals surface area contributed by atoms with Gasteiger partial charge in [0, 0.05) is 11.6 Å². The highest BCUT2D eigenvalue weighted by Gasteiger charge is 2.43. The van der Waals surface area contributed by atoms with Gasteiger partial charge in [0.25, 0.3) is 10.0 Å². The van der Waals surface area contributed by atoms with Crippen molar-refractivity contribution in [2.45, 2.75) is 24.8 Å². The van der Waals surface area contributed by atoms with Crippen molar-refractivity contribution in [1.82, 2.24) is 4.31 Å². The second-order valence-electron chi connectivity index (χ2n) is 6.46. The molecule has 0 N–H and O–H groups in total. The molecule has 152 valence electrons. The summed E-state index contributed by atoms with van der Waals surface area (Å²) in [5, 5.41) is 0. The Morgan fingerprint density at radius 3 is 2.21 bits per heavy atom. The number of esters is 2. The standard InChI is InChI=1S/C20H18FNO6S/c1-12(2)22-17(20(24)27-3)18(15-6-4-5-7-16(15)29(22,25)26)28-19(23)13-8-10-14(21)11-9-13/h4-12H,1-3H3. The maximum Gasteiger partial charge on any atom is 0.359 e. The van der Waals surface area contributed by atoms with Crippen LogP contribution in [0.25, 0.3) is 5.76 Å². The van der Waals surface area contributed by atoms with Gasteiger partial charge < -0.3 is 9.47 Å². The number of ether oxygens (including phenoxy) is 2. The van der Waals surface area contributed by atoms with Gasteiger partial charge in [0.05, 0.1) is 17.6 Å². The minimum absolute atomic E-state index is 0.0325. The molecule has 1 aliphatic heterocycles. The summed E-state index contributed by atoms with van der Waals surface area (Å²) in [6.07, 6.45) is 0. The normalized spacial score (nSPS) is 15.1. The fourth-order valence-corrected chi connectivity index (χ4v) is 4.84. The van der Waals surface area contributed by atoms with Crippen molar-refractivity contribution in [3.63, 3.8) is 0 Å². The second-order valence-corrected chi connectivity index (χ2v) is 8.24. The SMILES string of the molecule is COC(=O)C1=C(OC(=O)c2ccc(F)cc2)c2ccccc2S(=O)(=O)N1C(C)C. The lowest BCUT2D eigenvalue weighted by atomic mass is 10.1. The number of carbonyl (C=O) groups excluding carboxylic acids is 2. The van der Waals surface area contributed by atoms with Crippen molar-refractivity contribution in [2.24, 2.45) is 0 Å². The van der Waals surface area contributed by atoms with Crippen LogP contribution >= 0.6 is 0 Å². The molecule has 2 aromatic carbocycles. The van der Waals surface area contributed by atoms with E-state index in [4.69, 9.17) is 9.47 Å². The van der Waals surface area contributed by atoms with Crippen LogP contribution in [0.5, 0.6) is 0 Å². The maximum atomic E-state index is 13.1. The highest BCUT2D eigenvalue weighted by Crippen LogP contribution is 2.39. The Morgan fingerprint density at radius 2 is 1.62 bits per heavy atom. The molecule has 0 radical (unpaired) electrons. The Morgan fingerprint density at radius 1 is 1.00 bits per heavy atom. The molecule has 0 saturated heterocycles. The summed E-state index contributed by atoms with van der Waals surface area (Å²) in [6, 6.07) is 9.83. The number of methoxy groups -OCH3 is 1. The van der Waals surface area contributed by atoms with E-state index in [0.29, 0.717) is 0 Å². The summed E-state index contributed by atoms with van der Waals surface area (Å²) < 4.78 is 50.5. The van der Waals surface area contributed by atoms with Gasteiger partial charge in [0.2, 0.25) is 0 Å².